The molecule has 126 valence electrons. The van der Waals surface area contributed by atoms with E-state index in [0.717, 1.165) is 33.7 Å². The second kappa shape index (κ2) is 5.85. The van der Waals surface area contributed by atoms with Gasteiger partial charge < -0.3 is 4.74 Å². The molecule has 0 saturated heterocycles. The highest BCUT2D eigenvalue weighted by atomic mass is 16.5. The van der Waals surface area contributed by atoms with Crippen molar-refractivity contribution in [3.63, 3.8) is 0 Å². The van der Waals surface area contributed by atoms with Crippen LogP contribution in [0.5, 0.6) is 5.75 Å². The van der Waals surface area contributed by atoms with E-state index >= 15 is 0 Å². The molecule has 0 aliphatic carbocycles. The van der Waals surface area contributed by atoms with Crippen LogP contribution in [0.25, 0.3) is 16.8 Å². The van der Waals surface area contributed by atoms with E-state index in [0.29, 0.717) is 0 Å². The summed E-state index contributed by atoms with van der Waals surface area (Å²) < 4.78 is 8.16. The number of aryl methyl sites for hydroxylation is 1. The first-order valence-electron chi connectivity index (χ1n) is 8.65. The third-order valence-electron chi connectivity index (χ3n) is 4.74. The Morgan fingerprint density at radius 1 is 0.885 bits per heavy atom. The molecule has 0 amide bonds. The second-order valence-electron chi connectivity index (χ2n) is 6.50. The number of benzene rings is 3. The fourth-order valence-electron chi connectivity index (χ4n) is 3.37. The van der Waals surface area contributed by atoms with Gasteiger partial charge in [-0.1, -0.05) is 65.4 Å². The predicted molar refractivity (Wildman–Crippen MR) is 102 cm³/mol. The first-order chi connectivity index (χ1) is 12.8. The van der Waals surface area contributed by atoms with E-state index in [1.165, 1.54) is 5.56 Å². The van der Waals surface area contributed by atoms with Gasteiger partial charge in [-0.15, -0.1) is 5.10 Å². The van der Waals surface area contributed by atoms with Gasteiger partial charge in [-0.05, 0) is 31.2 Å². The van der Waals surface area contributed by atoms with Crippen molar-refractivity contribution in [2.45, 2.75) is 13.0 Å². The van der Waals surface area contributed by atoms with E-state index < -0.39 is 0 Å². The van der Waals surface area contributed by atoms with Crippen LogP contribution in [0.1, 0.15) is 22.7 Å². The van der Waals surface area contributed by atoms with Crippen molar-refractivity contribution in [1.82, 2.24) is 15.0 Å². The lowest BCUT2D eigenvalue weighted by Crippen LogP contribution is -2.16. The van der Waals surface area contributed by atoms with Gasteiger partial charge in [-0.2, -0.15) is 0 Å². The fourth-order valence-corrected chi connectivity index (χ4v) is 3.37. The predicted octanol–water partition coefficient (Wildman–Crippen LogP) is 4.76. The number of para-hydroxylation sites is 2. The normalized spacial score (nSPS) is 16.0. The summed E-state index contributed by atoms with van der Waals surface area (Å²) in [6.45, 7) is 2.08. The molecule has 3 aromatic carbocycles. The van der Waals surface area contributed by atoms with Crippen molar-refractivity contribution in [3.05, 3.63) is 95.6 Å². The first-order valence-corrected chi connectivity index (χ1v) is 8.65. The third kappa shape index (κ3) is 2.39. The smallest absolute Gasteiger partial charge is 0.133 e. The van der Waals surface area contributed by atoms with E-state index in [1.807, 2.05) is 47.1 Å². The highest BCUT2D eigenvalue weighted by Crippen LogP contribution is 2.38. The molecule has 0 radical (unpaired) electrons. The van der Waals surface area contributed by atoms with Crippen LogP contribution in [-0.4, -0.2) is 15.0 Å². The molecule has 2 heterocycles. The molecule has 4 heteroatoms. The van der Waals surface area contributed by atoms with Gasteiger partial charge in [0.05, 0.1) is 5.52 Å². The molecule has 4 nitrogen and oxygen atoms in total. The van der Waals surface area contributed by atoms with Gasteiger partial charge in [0.25, 0.3) is 0 Å². The zero-order valence-electron chi connectivity index (χ0n) is 14.3. The number of allylic oxidation sites excluding steroid dienone is 1. The van der Waals surface area contributed by atoms with Crippen molar-refractivity contribution >= 4 is 16.8 Å². The van der Waals surface area contributed by atoms with Crippen LogP contribution in [0.15, 0.2) is 78.9 Å². The lowest BCUT2D eigenvalue weighted by Gasteiger charge is -2.25. The maximum absolute atomic E-state index is 6.20. The Balaban J connectivity index is 1.69. The number of fused-ring (bicyclic) bond motifs is 2. The summed E-state index contributed by atoms with van der Waals surface area (Å²) in [5.74, 6) is 1.70. The number of hydrogen-bond acceptors (Lipinski definition) is 3. The average Bonchev–Trinajstić information content (AvgIpc) is 3.12. The Morgan fingerprint density at radius 2 is 1.65 bits per heavy atom. The molecule has 0 spiro atoms. The van der Waals surface area contributed by atoms with Crippen molar-refractivity contribution in [2.24, 2.45) is 0 Å². The van der Waals surface area contributed by atoms with Crippen LogP contribution in [-0.2, 0) is 0 Å². The minimum absolute atomic E-state index is 0.0661. The van der Waals surface area contributed by atoms with Gasteiger partial charge in [0, 0.05) is 11.1 Å². The van der Waals surface area contributed by atoms with Crippen molar-refractivity contribution in [1.29, 1.82) is 0 Å². The van der Waals surface area contributed by atoms with Crippen LogP contribution in [0.3, 0.4) is 0 Å². The van der Waals surface area contributed by atoms with E-state index in [9.17, 15) is 0 Å². The van der Waals surface area contributed by atoms with Crippen LogP contribution in [0, 0.1) is 6.92 Å². The molecular weight excluding hydrogens is 322 g/mol. The van der Waals surface area contributed by atoms with Crippen molar-refractivity contribution < 1.29 is 4.74 Å². The highest BCUT2D eigenvalue weighted by molar-refractivity contribution is 5.75. The van der Waals surface area contributed by atoms with Gasteiger partial charge >= 0.3 is 0 Å². The van der Waals surface area contributed by atoms with E-state index in [2.05, 4.69) is 53.6 Å². The third-order valence-corrected chi connectivity index (χ3v) is 4.74. The number of rotatable bonds is 2. The van der Waals surface area contributed by atoms with Gasteiger partial charge in [0.1, 0.15) is 23.1 Å². The largest absolute Gasteiger partial charge is 0.457 e. The molecule has 0 N–H and O–H groups in total. The molecule has 26 heavy (non-hydrogen) atoms. The lowest BCUT2D eigenvalue weighted by molar-refractivity contribution is 0.465. The molecule has 1 aliphatic heterocycles. The van der Waals surface area contributed by atoms with Gasteiger partial charge in [-0.25, -0.2) is 4.68 Å². The maximum Gasteiger partial charge on any atom is 0.133 e. The topological polar surface area (TPSA) is 39.9 Å². The Hall–Kier alpha value is -3.40. The second-order valence-corrected chi connectivity index (χ2v) is 6.50. The molecule has 1 aromatic heterocycles. The quantitative estimate of drug-likeness (QED) is 0.528. The standard InChI is InChI=1S/C22H17N3O/c1-15-10-12-16(13-11-15)22-14-20(17-6-2-5-9-21(17)26-22)25-19-8-4-3-7-18(19)23-24-25/h2-14,20H,1H3. The lowest BCUT2D eigenvalue weighted by atomic mass is 9.99. The van der Waals surface area contributed by atoms with Crippen LogP contribution in [0.4, 0.5) is 0 Å². The van der Waals surface area contributed by atoms with Crippen LogP contribution in [0.2, 0.25) is 0 Å². The summed E-state index contributed by atoms with van der Waals surface area (Å²) in [5, 5.41) is 8.75. The fraction of sp³-hybridized carbons (Fsp3) is 0.0909. The highest BCUT2D eigenvalue weighted by Gasteiger charge is 2.25. The summed E-state index contributed by atoms with van der Waals surface area (Å²) in [6.07, 6.45) is 2.12. The minimum Gasteiger partial charge on any atom is -0.457 e. The summed E-state index contributed by atoms with van der Waals surface area (Å²) in [4.78, 5) is 0. The first kappa shape index (κ1) is 14.9. The zero-order valence-corrected chi connectivity index (χ0v) is 14.3. The molecular formula is C22H17N3O. The van der Waals surface area contributed by atoms with Crippen molar-refractivity contribution in [3.8, 4) is 5.75 Å². The molecule has 5 rings (SSSR count). The summed E-state index contributed by atoms with van der Waals surface area (Å²) >= 11 is 0. The van der Waals surface area contributed by atoms with E-state index in [4.69, 9.17) is 4.74 Å². The number of aromatic nitrogens is 3. The van der Waals surface area contributed by atoms with Crippen LogP contribution >= 0.6 is 0 Å². The van der Waals surface area contributed by atoms with E-state index in [1.54, 1.807) is 0 Å². The molecule has 0 fully saturated rings. The number of ether oxygens (including phenoxy) is 1. The van der Waals surface area contributed by atoms with Crippen molar-refractivity contribution in [2.75, 3.05) is 0 Å². The zero-order chi connectivity index (χ0) is 17.5. The Bertz CT molecular complexity index is 1130. The maximum atomic E-state index is 6.20. The van der Waals surface area contributed by atoms with E-state index in [-0.39, 0.29) is 6.04 Å². The Kier molecular flexibility index (Phi) is 3.35. The van der Waals surface area contributed by atoms with Crippen LogP contribution < -0.4 is 4.74 Å². The summed E-state index contributed by atoms with van der Waals surface area (Å²) in [5.41, 5.74) is 5.26. The molecule has 4 aromatic rings. The van der Waals surface area contributed by atoms with Gasteiger partial charge in [0.15, 0.2) is 0 Å². The van der Waals surface area contributed by atoms with Gasteiger partial charge in [0.2, 0.25) is 0 Å². The molecule has 1 unspecified atom stereocenters. The SMILES string of the molecule is Cc1ccc(C2=CC(n3nnc4ccccc43)c3ccccc3O2)cc1. The summed E-state index contributed by atoms with van der Waals surface area (Å²) in [6, 6.07) is 24.4. The van der Waals surface area contributed by atoms with Gasteiger partial charge in [-0.3, -0.25) is 0 Å². The molecule has 1 atom stereocenters. The minimum atomic E-state index is -0.0661. The monoisotopic (exact) mass is 339 g/mol. The Labute approximate surface area is 151 Å². The summed E-state index contributed by atoms with van der Waals surface area (Å²) in [7, 11) is 0. The number of hydrogen-bond donors (Lipinski definition) is 0. The Morgan fingerprint density at radius 3 is 2.54 bits per heavy atom. The number of nitrogens with zero attached hydrogens (tertiary/aromatic N) is 3. The molecule has 1 aliphatic rings. The molecule has 0 saturated carbocycles. The average molecular weight is 339 g/mol. The molecule has 0 bridgehead atoms.